The second-order valence-electron chi connectivity index (χ2n) is 5.74. The molecule has 7 nitrogen and oxygen atoms in total. The van der Waals surface area contributed by atoms with E-state index in [-0.39, 0.29) is 11.8 Å². The standard InChI is InChI=1S/C17H16N4O3/c22-17(11-3-5-23-6-4-11)19-16-8-13-7-12(15-9-18-10-24-15)1-2-14(13)20-21-16/h1-2,7-11H,3-6H2,(H,19,21,22). The van der Waals surface area contributed by atoms with Gasteiger partial charge in [0.1, 0.15) is 0 Å². The summed E-state index contributed by atoms with van der Waals surface area (Å²) in [5.74, 6) is 1.07. The Morgan fingerprint density at radius 2 is 2.04 bits per heavy atom. The highest BCUT2D eigenvalue weighted by Gasteiger charge is 2.22. The van der Waals surface area contributed by atoms with Crippen molar-refractivity contribution in [3.05, 3.63) is 36.9 Å². The third-order valence-electron chi connectivity index (χ3n) is 4.15. The van der Waals surface area contributed by atoms with E-state index in [0.29, 0.717) is 24.8 Å². The van der Waals surface area contributed by atoms with Gasteiger partial charge in [-0.05, 0) is 37.1 Å². The van der Waals surface area contributed by atoms with E-state index >= 15 is 0 Å². The molecule has 1 fully saturated rings. The number of aromatic nitrogens is 3. The lowest BCUT2D eigenvalue weighted by Crippen LogP contribution is -2.28. The number of carbonyl (C=O) groups excluding carboxylic acids is 1. The molecule has 1 aromatic carbocycles. The van der Waals surface area contributed by atoms with Crippen molar-refractivity contribution in [3.63, 3.8) is 0 Å². The summed E-state index contributed by atoms with van der Waals surface area (Å²) in [6, 6.07) is 7.52. The van der Waals surface area contributed by atoms with Gasteiger partial charge in [0.25, 0.3) is 0 Å². The molecule has 122 valence electrons. The first-order valence-electron chi connectivity index (χ1n) is 7.84. The van der Waals surface area contributed by atoms with Crippen LogP contribution in [0.25, 0.3) is 22.2 Å². The van der Waals surface area contributed by atoms with Crippen LogP contribution in [-0.2, 0) is 9.53 Å². The van der Waals surface area contributed by atoms with E-state index in [1.54, 1.807) is 6.20 Å². The van der Waals surface area contributed by atoms with Gasteiger partial charge < -0.3 is 14.5 Å². The number of amides is 1. The first kappa shape index (κ1) is 14.8. The number of hydrogen-bond donors (Lipinski definition) is 1. The minimum absolute atomic E-state index is 0.0293. The number of hydrogen-bond acceptors (Lipinski definition) is 6. The van der Waals surface area contributed by atoms with Gasteiger partial charge in [-0.3, -0.25) is 4.79 Å². The molecule has 7 heteroatoms. The molecular weight excluding hydrogens is 308 g/mol. The minimum atomic E-state index is -0.0308. The Kier molecular flexibility index (Phi) is 3.92. The van der Waals surface area contributed by atoms with Crippen molar-refractivity contribution in [3.8, 4) is 11.3 Å². The Morgan fingerprint density at radius 3 is 2.83 bits per heavy atom. The number of rotatable bonds is 3. The van der Waals surface area contributed by atoms with Crippen LogP contribution in [0.5, 0.6) is 0 Å². The van der Waals surface area contributed by atoms with Crippen molar-refractivity contribution in [1.29, 1.82) is 0 Å². The van der Waals surface area contributed by atoms with Crippen molar-refractivity contribution in [2.75, 3.05) is 18.5 Å². The topological polar surface area (TPSA) is 90.1 Å². The van der Waals surface area contributed by atoms with Gasteiger partial charge >= 0.3 is 0 Å². The second kappa shape index (κ2) is 6.37. The van der Waals surface area contributed by atoms with Gasteiger partial charge in [-0.1, -0.05) is 0 Å². The first-order chi connectivity index (χ1) is 11.8. The fraction of sp³-hybridized carbons (Fsp3) is 0.294. The zero-order chi connectivity index (χ0) is 16.4. The highest BCUT2D eigenvalue weighted by atomic mass is 16.5. The summed E-state index contributed by atoms with van der Waals surface area (Å²) in [6.07, 6.45) is 4.53. The molecule has 24 heavy (non-hydrogen) atoms. The average molecular weight is 324 g/mol. The van der Waals surface area contributed by atoms with Crippen LogP contribution >= 0.6 is 0 Å². The largest absolute Gasteiger partial charge is 0.444 e. The van der Waals surface area contributed by atoms with Gasteiger partial charge in [-0.25, -0.2) is 4.98 Å². The van der Waals surface area contributed by atoms with E-state index in [9.17, 15) is 4.79 Å². The zero-order valence-corrected chi connectivity index (χ0v) is 12.9. The Hall–Kier alpha value is -2.80. The van der Waals surface area contributed by atoms with Crippen LogP contribution in [-0.4, -0.2) is 34.3 Å². The fourth-order valence-corrected chi connectivity index (χ4v) is 2.81. The average Bonchev–Trinajstić information content (AvgIpc) is 3.16. The molecule has 4 rings (SSSR count). The van der Waals surface area contributed by atoms with Crippen LogP contribution in [0.4, 0.5) is 5.82 Å². The van der Waals surface area contributed by atoms with E-state index in [4.69, 9.17) is 9.15 Å². The van der Waals surface area contributed by atoms with Gasteiger partial charge in [0.15, 0.2) is 18.0 Å². The normalized spacial score (nSPS) is 15.5. The smallest absolute Gasteiger partial charge is 0.228 e. The molecule has 0 aliphatic carbocycles. The summed E-state index contributed by atoms with van der Waals surface area (Å²) < 4.78 is 10.6. The molecule has 0 spiro atoms. The molecule has 0 atom stereocenters. The van der Waals surface area contributed by atoms with E-state index in [1.807, 2.05) is 24.3 Å². The molecule has 2 aromatic heterocycles. The number of fused-ring (bicyclic) bond motifs is 1. The zero-order valence-electron chi connectivity index (χ0n) is 12.9. The number of nitrogens with zero attached hydrogens (tertiary/aromatic N) is 3. The number of anilines is 1. The van der Waals surface area contributed by atoms with E-state index in [0.717, 1.165) is 29.3 Å². The third-order valence-corrected chi connectivity index (χ3v) is 4.15. The molecule has 1 N–H and O–H groups in total. The van der Waals surface area contributed by atoms with Gasteiger partial charge in [-0.15, -0.1) is 10.2 Å². The van der Waals surface area contributed by atoms with Crippen LogP contribution in [0.15, 0.2) is 41.3 Å². The van der Waals surface area contributed by atoms with Gasteiger partial charge in [0, 0.05) is 30.1 Å². The number of ether oxygens (including phenoxy) is 1. The molecule has 0 saturated carbocycles. The van der Waals surface area contributed by atoms with Crippen LogP contribution in [0, 0.1) is 5.92 Å². The predicted molar refractivity (Wildman–Crippen MR) is 87.2 cm³/mol. The quantitative estimate of drug-likeness (QED) is 0.796. The summed E-state index contributed by atoms with van der Waals surface area (Å²) in [5.41, 5.74) is 1.65. The molecule has 0 radical (unpaired) electrons. The molecule has 3 heterocycles. The number of carbonyl (C=O) groups is 1. The number of benzene rings is 1. The Labute approximate surface area is 138 Å². The van der Waals surface area contributed by atoms with Gasteiger partial charge in [0.05, 0.1) is 11.7 Å². The summed E-state index contributed by atoms with van der Waals surface area (Å²) >= 11 is 0. The molecule has 0 unspecified atom stereocenters. The number of nitrogens with one attached hydrogen (secondary N) is 1. The summed E-state index contributed by atoms with van der Waals surface area (Å²) in [4.78, 5) is 16.2. The molecule has 1 saturated heterocycles. The maximum Gasteiger partial charge on any atom is 0.228 e. The second-order valence-corrected chi connectivity index (χ2v) is 5.74. The van der Waals surface area contributed by atoms with Crippen molar-refractivity contribution < 1.29 is 13.9 Å². The van der Waals surface area contributed by atoms with Crippen LogP contribution in [0.1, 0.15) is 12.8 Å². The van der Waals surface area contributed by atoms with Crippen LogP contribution in [0.3, 0.4) is 0 Å². The minimum Gasteiger partial charge on any atom is -0.444 e. The molecule has 1 amide bonds. The SMILES string of the molecule is O=C(Nc1cc2cc(-c3cnco3)ccc2nn1)C1CCOCC1. The van der Waals surface area contributed by atoms with Crippen LogP contribution < -0.4 is 5.32 Å². The summed E-state index contributed by atoms with van der Waals surface area (Å²) in [7, 11) is 0. The van der Waals surface area contributed by atoms with Crippen molar-refractivity contribution in [2.45, 2.75) is 12.8 Å². The van der Waals surface area contributed by atoms with Crippen LogP contribution in [0.2, 0.25) is 0 Å². The highest BCUT2D eigenvalue weighted by molar-refractivity contribution is 5.94. The monoisotopic (exact) mass is 324 g/mol. The Balaban J connectivity index is 1.58. The lowest BCUT2D eigenvalue weighted by molar-refractivity contribution is -0.122. The maximum absolute atomic E-state index is 12.3. The molecule has 3 aromatic rings. The van der Waals surface area contributed by atoms with Crippen molar-refractivity contribution >= 4 is 22.6 Å². The lowest BCUT2D eigenvalue weighted by Gasteiger charge is -2.20. The molecule has 1 aliphatic rings. The highest BCUT2D eigenvalue weighted by Crippen LogP contribution is 2.24. The van der Waals surface area contributed by atoms with E-state index < -0.39 is 0 Å². The molecule has 1 aliphatic heterocycles. The molecular formula is C17H16N4O3. The number of oxazole rings is 1. The van der Waals surface area contributed by atoms with Crippen molar-refractivity contribution in [1.82, 2.24) is 15.2 Å². The maximum atomic E-state index is 12.3. The summed E-state index contributed by atoms with van der Waals surface area (Å²) in [5, 5.41) is 12.0. The van der Waals surface area contributed by atoms with E-state index in [2.05, 4.69) is 20.5 Å². The van der Waals surface area contributed by atoms with Gasteiger partial charge in [0.2, 0.25) is 5.91 Å². The first-order valence-corrected chi connectivity index (χ1v) is 7.84. The van der Waals surface area contributed by atoms with E-state index in [1.165, 1.54) is 6.39 Å². The Bertz CT molecular complexity index is 857. The third kappa shape index (κ3) is 2.98. The fourth-order valence-electron chi connectivity index (χ4n) is 2.81. The predicted octanol–water partition coefficient (Wildman–Crippen LogP) is 2.65. The van der Waals surface area contributed by atoms with Gasteiger partial charge in [-0.2, -0.15) is 0 Å². The Morgan fingerprint density at radius 1 is 1.17 bits per heavy atom. The lowest BCUT2D eigenvalue weighted by atomic mass is 9.99. The molecule has 0 bridgehead atoms. The van der Waals surface area contributed by atoms with Crippen molar-refractivity contribution in [2.24, 2.45) is 5.92 Å². The summed E-state index contributed by atoms with van der Waals surface area (Å²) in [6.45, 7) is 1.25.